The molecule has 5 nitrogen and oxygen atoms in total. The molecule has 0 saturated carbocycles. The molecular weight excluding hydrogens is 334 g/mol. The van der Waals surface area contributed by atoms with Crippen LogP contribution in [0.5, 0.6) is 0 Å². The monoisotopic (exact) mass is 360 g/mol. The average molecular weight is 361 g/mol. The molecule has 0 unspecified atom stereocenters. The fourth-order valence-corrected chi connectivity index (χ4v) is 3.55. The Labute approximate surface area is 152 Å². The van der Waals surface area contributed by atoms with Gasteiger partial charge in [0.15, 0.2) is 6.04 Å². The van der Waals surface area contributed by atoms with Gasteiger partial charge in [-0.2, -0.15) is 0 Å². The summed E-state index contributed by atoms with van der Waals surface area (Å²) in [6.07, 6.45) is 1.10. The number of carbonyl (C=O) groups excluding carboxylic acids is 2. The molecule has 0 radical (unpaired) electrons. The highest BCUT2D eigenvalue weighted by Gasteiger charge is 2.26. The van der Waals surface area contributed by atoms with E-state index in [0.717, 1.165) is 16.9 Å². The average Bonchev–Trinajstić information content (AvgIpc) is 3.12. The Balaban J connectivity index is 2.22. The van der Waals surface area contributed by atoms with Gasteiger partial charge in [-0.15, -0.1) is 11.3 Å². The zero-order valence-corrected chi connectivity index (χ0v) is 15.7. The first-order valence-corrected chi connectivity index (χ1v) is 9.38. The first-order chi connectivity index (χ1) is 11.9. The van der Waals surface area contributed by atoms with Crippen LogP contribution < -0.4 is 16.4 Å². The molecule has 2 aromatic rings. The van der Waals surface area contributed by atoms with Crippen LogP contribution in [0.2, 0.25) is 0 Å². The SMILES string of the molecule is CC[C@H](C)c1ccc([C@@H]([NH2+][C@@H](C)C(=O)NC(N)=O)c2cccs2)cc1. The summed E-state index contributed by atoms with van der Waals surface area (Å²) in [5, 5.41) is 6.13. The van der Waals surface area contributed by atoms with Crippen LogP contribution in [0, 0.1) is 0 Å². The van der Waals surface area contributed by atoms with Crippen molar-refractivity contribution in [3.63, 3.8) is 0 Å². The van der Waals surface area contributed by atoms with Gasteiger partial charge in [0.2, 0.25) is 0 Å². The van der Waals surface area contributed by atoms with Crippen LogP contribution in [0.4, 0.5) is 4.79 Å². The van der Waals surface area contributed by atoms with Crippen LogP contribution >= 0.6 is 11.3 Å². The number of thiophene rings is 1. The number of benzene rings is 1. The van der Waals surface area contributed by atoms with E-state index in [9.17, 15) is 9.59 Å². The number of amides is 3. The molecule has 5 N–H and O–H groups in total. The van der Waals surface area contributed by atoms with Crippen LogP contribution in [0.25, 0.3) is 0 Å². The number of nitrogens with two attached hydrogens (primary N) is 2. The minimum Gasteiger partial charge on any atom is -0.351 e. The van der Waals surface area contributed by atoms with Crippen molar-refractivity contribution in [2.75, 3.05) is 0 Å². The third kappa shape index (κ3) is 5.14. The third-order valence-corrected chi connectivity index (χ3v) is 5.42. The normalized spacial score (nSPS) is 14.5. The number of carbonyl (C=O) groups is 2. The molecule has 0 fully saturated rings. The van der Waals surface area contributed by atoms with E-state index in [4.69, 9.17) is 5.73 Å². The first kappa shape index (κ1) is 19.1. The fourth-order valence-electron chi connectivity index (χ4n) is 2.72. The van der Waals surface area contributed by atoms with Gasteiger partial charge < -0.3 is 11.1 Å². The van der Waals surface area contributed by atoms with E-state index in [1.54, 1.807) is 18.3 Å². The van der Waals surface area contributed by atoms with Crippen molar-refractivity contribution in [3.05, 3.63) is 57.8 Å². The van der Waals surface area contributed by atoms with Crippen molar-refractivity contribution in [2.45, 2.75) is 45.2 Å². The van der Waals surface area contributed by atoms with Gasteiger partial charge in [0, 0.05) is 5.56 Å². The lowest BCUT2D eigenvalue weighted by Crippen LogP contribution is -2.92. The molecule has 3 atom stereocenters. The summed E-state index contributed by atoms with van der Waals surface area (Å²) in [6.45, 7) is 6.17. The molecular formula is C19H26N3O2S+. The van der Waals surface area contributed by atoms with Gasteiger partial charge in [-0.3, -0.25) is 10.1 Å². The largest absolute Gasteiger partial charge is 0.351 e. The molecule has 0 aliphatic heterocycles. The van der Waals surface area contributed by atoms with Crippen LogP contribution in [-0.4, -0.2) is 18.0 Å². The van der Waals surface area contributed by atoms with Gasteiger partial charge in [-0.05, 0) is 36.3 Å². The molecule has 0 saturated heterocycles. The summed E-state index contributed by atoms with van der Waals surface area (Å²) < 4.78 is 0. The predicted octanol–water partition coefficient (Wildman–Crippen LogP) is 2.50. The van der Waals surface area contributed by atoms with Crippen LogP contribution in [-0.2, 0) is 4.79 Å². The third-order valence-electron chi connectivity index (χ3n) is 4.47. The maximum Gasteiger partial charge on any atom is 0.319 e. The summed E-state index contributed by atoms with van der Waals surface area (Å²) in [5.41, 5.74) is 7.49. The van der Waals surface area contributed by atoms with Gasteiger partial charge in [0.05, 0.1) is 4.88 Å². The maximum absolute atomic E-state index is 12.0. The summed E-state index contributed by atoms with van der Waals surface area (Å²) in [6, 6.07) is 11.4. The molecule has 1 aromatic heterocycles. The lowest BCUT2D eigenvalue weighted by atomic mass is 9.95. The molecule has 0 aliphatic carbocycles. The Hall–Kier alpha value is -2.18. The molecule has 0 aliphatic rings. The van der Waals surface area contributed by atoms with E-state index >= 15 is 0 Å². The number of imide groups is 1. The summed E-state index contributed by atoms with van der Waals surface area (Å²) in [7, 11) is 0. The zero-order chi connectivity index (χ0) is 18.4. The summed E-state index contributed by atoms with van der Waals surface area (Å²) >= 11 is 1.65. The number of quaternary nitrogens is 1. The quantitative estimate of drug-likeness (QED) is 0.708. The smallest absolute Gasteiger partial charge is 0.319 e. The molecule has 6 heteroatoms. The first-order valence-electron chi connectivity index (χ1n) is 8.50. The van der Waals surface area contributed by atoms with Crippen molar-refractivity contribution in [3.8, 4) is 0 Å². The molecule has 2 rings (SSSR count). The lowest BCUT2D eigenvalue weighted by molar-refractivity contribution is -0.704. The Bertz CT molecular complexity index is 698. The predicted molar refractivity (Wildman–Crippen MR) is 100 cm³/mol. The van der Waals surface area contributed by atoms with Gasteiger partial charge >= 0.3 is 6.03 Å². The minimum absolute atomic E-state index is 0.000362. The van der Waals surface area contributed by atoms with Crippen LogP contribution in [0.3, 0.4) is 0 Å². The number of nitrogens with one attached hydrogen (secondary N) is 1. The van der Waals surface area contributed by atoms with E-state index in [1.807, 2.05) is 16.8 Å². The van der Waals surface area contributed by atoms with Gasteiger partial charge in [-0.1, -0.05) is 44.2 Å². The highest BCUT2D eigenvalue weighted by Crippen LogP contribution is 2.25. The highest BCUT2D eigenvalue weighted by molar-refractivity contribution is 7.10. The maximum atomic E-state index is 12.0. The summed E-state index contributed by atoms with van der Waals surface area (Å²) in [5.74, 6) is 0.142. The fraction of sp³-hybridized carbons (Fsp3) is 0.368. The van der Waals surface area contributed by atoms with Gasteiger partial charge in [0.1, 0.15) is 6.04 Å². The Morgan fingerprint density at radius 2 is 1.80 bits per heavy atom. The van der Waals surface area contributed by atoms with Crippen LogP contribution in [0.15, 0.2) is 41.8 Å². The van der Waals surface area contributed by atoms with Crippen molar-refractivity contribution in [1.29, 1.82) is 0 Å². The number of rotatable bonds is 7. The minimum atomic E-state index is -0.823. The van der Waals surface area contributed by atoms with E-state index < -0.39 is 12.1 Å². The second kappa shape index (κ2) is 8.78. The standard InChI is InChI=1S/C19H25N3O2S/c1-4-12(2)14-7-9-15(10-8-14)17(16-6-5-11-25-16)21-13(3)18(23)22-19(20)24/h5-13,17,21H,4H2,1-3H3,(H3,20,22,23,24)/p+1/t12-,13-,17+/m0/s1. The van der Waals surface area contributed by atoms with Crippen molar-refractivity contribution in [2.24, 2.45) is 5.73 Å². The molecule has 0 bridgehead atoms. The van der Waals surface area contributed by atoms with Crippen molar-refractivity contribution in [1.82, 2.24) is 5.32 Å². The second-order valence-corrected chi connectivity index (χ2v) is 7.28. The zero-order valence-electron chi connectivity index (χ0n) is 14.9. The van der Waals surface area contributed by atoms with Gasteiger partial charge in [0.25, 0.3) is 5.91 Å². The van der Waals surface area contributed by atoms with Crippen molar-refractivity contribution >= 4 is 23.3 Å². The Morgan fingerprint density at radius 1 is 1.16 bits per heavy atom. The van der Waals surface area contributed by atoms with E-state index in [1.165, 1.54) is 5.56 Å². The Kier molecular flexibility index (Phi) is 6.73. The highest BCUT2D eigenvalue weighted by atomic mass is 32.1. The number of primary amides is 1. The van der Waals surface area contributed by atoms with E-state index in [0.29, 0.717) is 5.92 Å². The number of hydrogen-bond acceptors (Lipinski definition) is 3. The van der Waals surface area contributed by atoms with E-state index in [-0.39, 0.29) is 11.9 Å². The number of hydrogen-bond donors (Lipinski definition) is 3. The molecule has 134 valence electrons. The molecule has 25 heavy (non-hydrogen) atoms. The van der Waals surface area contributed by atoms with Crippen LogP contribution in [0.1, 0.15) is 55.2 Å². The lowest BCUT2D eigenvalue weighted by Gasteiger charge is -2.19. The second-order valence-electron chi connectivity index (χ2n) is 6.30. The topological polar surface area (TPSA) is 88.8 Å². The summed E-state index contributed by atoms with van der Waals surface area (Å²) in [4.78, 5) is 24.1. The molecule has 0 spiro atoms. The number of urea groups is 1. The van der Waals surface area contributed by atoms with Crippen molar-refractivity contribution < 1.29 is 14.9 Å². The van der Waals surface area contributed by atoms with E-state index in [2.05, 4.69) is 49.5 Å². The van der Waals surface area contributed by atoms with Gasteiger partial charge in [-0.25, -0.2) is 4.79 Å². The molecule has 1 aromatic carbocycles. The molecule has 3 amide bonds. The molecule has 1 heterocycles. The Morgan fingerprint density at radius 3 is 2.32 bits per heavy atom.